The molecule has 0 radical (unpaired) electrons. The molecule has 3 rings (SSSR count). The number of rotatable bonds is 6. The minimum absolute atomic E-state index is 0.0663. The maximum Gasteiger partial charge on any atom is 0.246 e. The number of carbonyl (C=O) groups excluding carboxylic acids is 1. The van der Waals surface area contributed by atoms with Crippen LogP contribution in [-0.4, -0.2) is 59.4 Å². The first-order chi connectivity index (χ1) is 13.8. The molecule has 1 aromatic heterocycles. The highest BCUT2D eigenvalue weighted by molar-refractivity contribution is 5.97. The minimum Gasteiger partial charge on any atom is -0.374 e. The first kappa shape index (κ1) is 21.2. The molecule has 29 heavy (non-hydrogen) atoms. The van der Waals surface area contributed by atoms with Crippen LogP contribution in [0.2, 0.25) is 0 Å². The van der Waals surface area contributed by atoms with Crippen LogP contribution >= 0.6 is 0 Å². The van der Waals surface area contributed by atoms with Crippen LogP contribution in [0.1, 0.15) is 30.8 Å². The fourth-order valence-corrected chi connectivity index (χ4v) is 3.81. The average molecular weight is 399 g/mol. The molecule has 1 aromatic carbocycles. The minimum atomic E-state index is -0.355. The molecule has 1 saturated heterocycles. The first-order valence-corrected chi connectivity index (χ1v) is 10.5. The molecule has 1 amide bonds. The Morgan fingerprint density at radius 2 is 1.86 bits per heavy atom. The number of anilines is 3. The van der Waals surface area contributed by atoms with Crippen LogP contribution in [0.25, 0.3) is 0 Å². The van der Waals surface area contributed by atoms with Gasteiger partial charge >= 0.3 is 0 Å². The van der Waals surface area contributed by atoms with E-state index in [0.29, 0.717) is 0 Å². The molecule has 0 spiro atoms. The normalized spacial score (nSPS) is 16.0. The van der Waals surface area contributed by atoms with Gasteiger partial charge in [-0.2, -0.15) is 5.10 Å². The Morgan fingerprint density at radius 1 is 1.17 bits per heavy atom. The molecule has 2 N–H and O–H groups in total. The predicted octanol–water partition coefficient (Wildman–Crippen LogP) is 2.93. The van der Waals surface area contributed by atoms with E-state index in [4.69, 9.17) is 0 Å². The van der Waals surface area contributed by atoms with E-state index in [2.05, 4.69) is 57.6 Å². The quantitative estimate of drug-likeness (QED) is 0.783. The SMILES string of the molecule is CCN1CCN(c2ccc(NC(C)C(=O)Nc3c(C)nn(C)c3C)c(C)c2)CC1. The summed E-state index contributed by atoms with van der Waals surface area (Å²) in [7, 11) is 1.88. The van der Waals surface area contributed by atoms with Gasteiger partial charge in [0.05, 0.1) is 17.1 Å². The van der Waals surface area contributed by atoms with E-state index >= 15 is 0 Å². The van der Waals surface area contributed by atoms with E-state index in [9.17, 15) is 4.79 Å². The van der Waals surface area contributed by atoms with E-state index in [-0.39, 0.29) is 11.9 Å². The van der Waals surface area contributed by atoms with E-state index in [1.54, 1.807) is 4.68 Å². The summed E-state index contributed by atoms with van der Waals surface area (Å²) in [5.74, 6) is -0.0663. The third-order valence-corrected chi connectivity index (χ3v) is 5.92. The Kier molecular flexibility index (Phi) is 6.47. The highest BCUT2D eigenvalue weighted by atomic mass is 16.2. The summed E-state index contributed by atoms with van der Waals surface area (Å²) in [4.78, 5) is 17.6. The molecule has 0 aliphatic carbocycles. The van der Waals surface area contributed by atoms with E-state index in [1.165, 1.54) is 5.69 Å². The molecular formula is C22H34N6O. The summed E-state index contributed by atoms with van der Waals surface area (Å²) in [5, 5.41) is 10.7. The molecule has 2 aromatic rings. The lowest BCUT2D eigenvalue weighted by molar-refractivity contribution is -0.116. The Morgan fingerprint density at radius 3 is 2.41 bits per heavy atom. The van der Waals surface area contributed by atoms with Crippen molar-refractivity contribution in [1.82, 2.24) is 14.7 Å². The van der Waals surface area contributed by atoms with Crippen LogP contribution < -0.4 is 15.5 Å². The Labute approximate surface area is 174 Å². The Bertz CT molecular complexity index is 866. The fourth-order valence-electron chi connectivity index (χ4n) is 3.81. The van der Waals surface area contributed by atoms with Crippen molar-refractivity contribution >= 4 is 23.0 Å². The largest absolute Gasteiger partial charge is 0.374 e. The molecule has 1 atom stereocenters. The highest BCUT2D eigenvalue weighted by Gasteiger charge is 2.19. The topological polar surface area (TPSA) is 65.4 Å². The Balaban J connectivity index is 1.63. The second-order valence-corrected chi connectivity index (χ2v) is 7.95. The van der Waals surface area contributed by atoms with Crippen molar-refractivity contribution in [3.8, 4) is 0 Å². The van der Waals surface area contributed by atoms with Crippen molar-refractivity contribution in [3.05, 3.63) is 35.2 Å². The van der Waals surface area contributed by atoms with Crippen LogP contribution in [0.4, 0.5) is 17.1 Å². The molecule has 1 fully saturated rings. The number of aryl methyl sites for hydroxylation is 3. The van der Waals surface area contributed by atoms with E-state index in [1.807, 2.05) is 27.8 Å². The van der Waals surface area contributed by atoms with Crippen molar-refractivity contribution < 1.29 is 4.79 Å². The van der Waals surface area contributed by atoms with Crippen LogP contribution in [0, 0.1) is 20.8 Å². The standard InChI is InChI=1S/C22H34N6O/c1-7-27-10-12-28(13-11-27)19-8-9-20(15(2)14-19)23-17(4)22(29)24-21-16(3)25-26(6)18(21)5/h8-9,14,17,23H,7,10-13H2,1-6H3,(H,24,29). The van der Waals surface area contributed by atoms with Crippen LogP contribution in [-0.2, 0) is 11.8 Å². The average Bonchev–Trinajstić information content (AvgIpc) is 2.95. The lowest BCUT2D eigenvalue weighted by Crippen LogP contribution is -2.46. The summed E-state index contributed by atoms with van der Waals surface area (Å²) in [6.45, 7) is 15.5. The number of nitrogens with zero attached hydrogens (tertiary/aromatic N) is 4. The molecule has 1 unspecified atom stereocenters. The summed E-state index contributed by atoms with van der Waals surface area (Å²) < 4.78 is 1.78. The maximum absolute atomic E-state index is 12.7. The Hall–Kier alpha value is -2.54. The number of piperazine rings is 1. The molecule has 1 aliphatic rings. The molecule has 0 saturated carbocycles. The second-order valence-electron chi connectivity index (χ2n) is 7.95. The van der Waals surface area contributed by atoms with Gasteiger partial charge in [-0.25, -0.2) is 0 Å². The van der Waals surface area contributed by atoms with Gasteiger partial charge in [-0.15, -0.1) is 0 Å². The molecule has 158 valence electrons. The molecule has 7 heteroatoms. The third-order valence-electron chi connectivity index (χ3n) is 5.92. The van der Waals surface area contributed by atoms with Crippen molar-refractivity contribution in [2.45, 2.75) is 40.7 Å². The first-order valence-electron chi connectivity index (χ1n) is 10.5. The smallest absolute Gasteiger partial charge is 0.246 e. The number of amides is 1. The zero-order valence-corrected chi connectivity index (χ0v) is 18.5. The number of carbonyl (C=O) groups is 1. The number of hydrogen-bond donors (Lipinski definition) is 2. The van der Waals surface area contributed by atoms with Gasteiger partial charge in [0, 0.05) is 44.6 Å². The summed E-state index contributed by atoms with van der Waals surface area (Å²) >= 11 is 0. The van der Waals surface area contributed by atoms with Gasteiger partial charge < -0.3 is 20.4 Å². The van der Waals surface area contributed by atoms with E-state index < -0.39 is 0 Å². The number of benzene rings is 1. The van der Waals surface area contributed by atoms with Crippen LogP contribution in [0.3, 0.4) is 0 Å². The maximum atomic E-state index is 12.7. The predicted molar refractivity (Wildman–Crippen MR) is 120 cm³/mol. The van der Waals surface area contributed by atoms with Gasteiger partial charge in [0.1, 0.15) is 6.04 Å². The molecule has 1 aliphatic heterocycles. The summed E-state index contributed by atoms with van der Waals surface area (Å²) in [6, 6.07) is 6.09. The third kappa shape index (κ3) is 4.72. The van der Waals surface area contributed by atoms with Gasteiger partial charge in [0.2, 0.25) is 5.91 Å². The van der Waals surface area contributed by atoms with Gasteiger partial charge in [0.25, 0.3) is 0 Å². The van der Waals surface area contributed by atoms with Crippen LogP contribution in [0.15, 0.2) is 18.2 Å². The van der Waals surface area contributed by atoms with Crippen molar-refractivity contribution in [2.75, 3.05) is 48.3 Å². The molecular weight excluding hydrogens is 364 g/mol. The highest BCUT2D eigenvalue weighted by Crippen LogP contribution is 2.25. The number of aromatic nitrogens is 2. The second kappa shape index (κ2) is 8.86. The lowest BCUT2D eigenvalue weighted by Gasteiger charge is -2.35. The lowest BCUT2D eigenvalue weighted by atomic mass is 10.1. The monoisotopic (exact) mass is 398 g/mol. The number of hydrogen-bond acceptors (Lipinski definition) is 5. The fraction of sp³-hybridized carbons (Fsp3) is 0.545. The van der Waals surface area contributed by atoms with Crippen molar-refractivity contribution in [3.63, 3.8) is 0 Å². The van der Waals surface area contributed by atoms with Crippen molar-refractivity contribution in [2.24, 2.45) is 7.05 Å². The zero-order chi connectivity index (χ0) is 21.1. The van der Waals surface area contributed by atoms with Gasteiger partial charge in [-0.1, -0.05) is 6.92 Å². The van der Waals surface area contributed by atoms with Crippen molar-refractivity contribution in [1.29, 1.82) is 0 Å². The molecule has 7 nitrogen and oxygen atoms in total. The van der Waals surface area contributed by atoms with E-state index in [0.717, 1.165) is 61.0 Å². The van der Waals surface area contributed by atoms with Crippen LogP contribution in [0.5, 0.6) is 0 Å². The van der Waals surface area contributed by atoms with Gasteiger partial charge in [-0.05, 0) is 58.0 Å². The van der Waals surface area contributed by atoms with Gasteiger partial charge in [-0.3, -0.25) is 9.48 Å². The summed E-state index contributed by atoms with van der Waals surface area (Å²) in [6.07, 6.45) is 0. The van der Waals surface area contributed by atoms with Gasteiger partial charge in [0.15, 0.2) is 0 Å². The zero-order valence-electron chi connectivity index (χ0n) is 18.5. The number of nitrogens with one attached hydrogen (secondary N) is 2. The summed E-state index contributed by atoms with van der Waals surface area (Å²) in [5.41, 5.74) is 5.96. The molecule has 0 bridgehead atoms. The molecule has 2 heterocycles. The number of likely N-dealkylation sites (N-methyl/N-ethyl adjacent to an activating group) is 1.